The monoisotopic (exact) mass is 99.0 g/mol. The van der Waals surface area contributed by atoms with Crippen molar-refractivity contribution in [3.8, 4) is 0 Å². The van der Waals surface area contributed by atoms with Gasteiger partial charge < -0.3 is 20.5 Å². The molecule has 5 heteroatoms. The summed E-state index contributed by atoms with van der Waals surface area (Å²) in [5.41, 5.74) is 0. The predicted molar refractivity (Wildman–Crippen MR) is 17.4 cm³/mol. The van der Waals surface area contributed by atoms with E-state index < -0.39 is 8.25 Å². The minimum Gasteiger partial charge on any atom is -0.781 e. The number of hydrogen-bond acceptors (Lipinski definition) is 3. The fourth-order valence-electron chi connectivity index (χ4n) is 0. The average molecular weight is 99.0 g/mol. The van der Waals surface area contributed by atoms with Gasteiger partial charge in [0.25, 0.3) is 0 Å². The summed E-state index contributed by atoms with van der Waals surface area (Å²) in [6.07, 6.45) is 0. The fraction of sp³-hybridized carbons (Fsp3) is 0. The fourth-order valence-corrected chi connectivity index (χ4v) is 0. The van der Waals surface area contributed by atoms with Crippen molar-refractivity contribution in [2.24, 2.45) is 0 Å². The summed E-state index contributed by atoms with van der Waals surface area (Å²) in [6, 6.07) is 0. The van der Waals surface area contributed by atoms with Gasteiger partial charge in [-0.1, -0.05) is 0 Å². The molecule has 0 radical (unpaired) electrons. The van der Waals surface area contributed by atoms with Crippen LogP contribution in [0.25, 0.3) is 0 Å². The van der Waals surface area contributed by atoms with Crippen LogP contribution in [0.3, 0.4) is 0 Å². The van der Waals surface area contributed by atoms with Crippen LogP contribution in [-0.2, 0) is 4.57 Å². The Balaban J connectivity index is -0.0000000450. The van der Waals surface area contributed by atoms with E-state index >= 15 is 0 Å². The normalized spacial score (nSPS) is 12.4. The average Bonchev–Trinajstić information content (AvgIpc) is 0.811. The Morgan fingerprint density at radius 1 is 2.00 bits per heavy atom. The molecule has 1 unspecified atom stereocenters. The van der Waals surface area contributed by atoms with Crippen molar-refractivity contribution in [3.63, 3.8) is 0 Å². The summed E-state index contributed by atoms with van der Waals surface area (Å²) >= 11 is 0. The first-order chi connectivity index (χ1) is 1.73. The molecular weight excluding hydrogens is 93.0 g/mol. The summed E-state index contributed by atoms with van der Waals surface area (Å²) in [5, 5.41) is 0. The highest BCUT2D eigenvalue weighted by Gasteiger charge is 1.42. The zero-order valence-corrected chi connectivity index (χ0v) is 3.47. The summed E-state index contributed by atoms with van der Waals surface area (Å²) in [5.74, 6) is 0. The summed E-state index contributed by atoms with van der Waals surface area (Å²) < 4.78 is 8.63. The van der Waals surface area contributed by atoms with Crippen LogP contribution in [0.15, 0.2) is 0 Å². The molecule has 1 atom stereocenters. The van der Waals surface area contributed by atoms with Crippen LogP contribution < -0.4 is 11.0 Å². The Morgan fingerprint density at radius 2 is 2.00 bits per heavy atom. The number of rotatable bonds is 0. The molecule has 5 heavy (non-hydrogen) atoms. The van der Waals surface area contributed by atoms with Gasteiger partial charge in [-0.2, -0.15) is 0 Å². The lowest BCUT2D eigenvalue weighted by Gasteiger charge is -1.83. The number of hydrogen-bond donors (Lipinski definition) is 2. The SMILES string of the molecule is N.O=[PH]([O-])O.[H+]. The van der Waals surface area contributed by atoms with Crippen LogP contribution in [0.2, 0.25) is 0 Å². The Bertz CT molecular complexity index is 33.8. The van der Waals surface area contributed by atoms with Crippen molar-refractivity contribution in [2.75, 3.05) is 0 Å². The van der Waals surface area contributed by atoms with Gasteiger partial charge in [-0.3, -0.25) is 0 Å². The Hall–Kier alpha value is 0.110. The summed E-state index contributed by atoms with van der Waals surface area (Å²) in [4.78, 5) is 15.7. The summed E-state index contributed by atoms with van der Waals surface area (Å²) in [7, 11) is -3.38. The largest absolute Gasteiger partial charge is 1.00 e. The Labute approximate surface area is 31.5 Å². The van der Waals surface area contributed by atoms with Crippen molar-refractivity contribution in [2.45, 2.75) is 0 Å². The zero-order valence-electron chi connectivity index (χ0n) is 3.47. The van der Waals surface area contributed by atoms with Gasteiger partial charge in [-0.05, 0) is 0 Å². The van der Waals surface area contributed by atoms with E-state index in [1.165, 1.54) is 0 Å². The van der Waals surface area contributed by atoms with Crippen LogP contribution in [-0.4, -0.2) is 4.89 Å². The van der Waals surface area contributed by atoms with Gasteiger partial charge in [0, 0.05) is 0 Å². The standard InChI is InChI=1S/H3N.H3O3P/c;1-4(2)3/h1H3;4H,(H2,1,2,3). The highest BCUT2D eigenvalue weighted by atomic mass is 31.1. The summed E-state index contributed by atoms with van der Waals surface area (Å²) in [6.45, 7) is 0. The van der Waals surface area contributed by atoms with E-state index in [4.69, 9.17) is 14.4 Å². The lowest BCUT2D eigenvalue weighted by molar-refractivity contribution is -0.180. The molecule has 0 spiro atoms. The molecule has 34 valence electrons. The molecule has 4 nitrogen and oxygen atoms in total. The van der Waals surface area contributed by atoms with E-state index in [0.29, 0.717) is 0 Å². The van der Waals surface area contributed by atoms with Gasteiger partial charge in [0.15, 0.2) is 0 Å². The molecule has 0 aromatic heterocycles. The third-order valence-corrected chi connectivity index (χ3v) is 0. The van der Waals surface area contributed by atoms with Gasteiger partial charge in [0.2, 0.25) is 0 Å². The maximum absolute atomic E-state index is 8.63. The molecule has 0 aliphatic carbocycles. The molecule has 0 saturated heterocycles. The van der Waals surface area contributed by atoms with Gasteiger partial charge in [0.1, 0.15) is 8.25 Å². The predicted octanol–water partition coefficient (Wildman–Crippen LogP) is -0.997. The van der Waals surface area contributed by atoms with E-state index in [2.05, 4.69) is 0 Å². The molecule has 0 aliphatic heterocycles. The van der Waals surface area contributed by atoms with Crippen LogP contribution in [0.5, 0.6) is 0 Å². The van der Waals surface area contributed by atoms with E-state index in [-0.39, 0.29) is 7.58 Å². The first-order valence-corrected chi connectivity index (χ1v) is 1.90. The molecule has 0 aromatic carbocycles. The zero-order chi connectivity index (χ0) is 3.58. The quantitative estimate of drug-likeness (QED) is 0.381. The molecule has 0 saturated carbocycles. The van der Waals surface area contributed by atoms with Crippen molar-refractivity contribution in [1.29, 1.82) is 0 Å². The van der Waals surface area contributed by atoms with Crippen LogP contribution in [0.1, 0.15) is 1.43 Å². The van der Waals surface area contributed by atoms with E-state index in [9.17, 15) is 0 Å². The van der Waals surface area contributed by atoms with Crippen LogP contribution >= 0.6 is 8.25 Å². The minimum atomic E-state index is -3.38. The lowest BCUT2D eigenvalue weighted by atomic mass is 14.0. The Morgan fingerprint density at radius 3 is 2.00 bits per heavy atom. The van der Waals surface area contributed by atoms with E-state index in [0.717, 1.165) is 0 Å². The Kier molecular flexibility index (Phi) is 7.34. The lowest BCUT2D eigenvalue weighted by Crippen LogP contribution is -1.78. The third kappa shape index (κ3) is 1510. The molecule has 4 N–H and O–H groups in total. The minimum absolute atomic E-state index is 0. The smallest absolute Gasteiger partial charge is 0.781 e. The van der Waals surface area contributed by atoms with E-state index in [1.807, 2.05) is 0 Å². The van der Waals surface area contributed by atoms with Crippen molar-refractivity contribution < 1.29 is 15.8 Å². The molecule has 0 rings (SSSR count). The van der Waals surface area contributed by atoms with Crippen molar-refractivity contribution in [3.05, 3.63) is 0 Å². The first kappa shape index (κ1) is 8.92. The maximum Gasteiger partial charge on any atom is 1.00 e. The highest BCUT2D eigenvalue weighted by molar-refractivity contribution is 7.29. The molecule has 0 bridgehead atoms. The molecular formula is H6NO3P. The third-order valence-electron chi connectivity index (χ3n) is 0. The molecule has 0 aliphatic rings. The molecule has 0 aromatic rings. The first-order valence-electron chi connectivity index (χ1n) is 0.632. The second kappa shape index (κ2) is 4.11. The molecule has 0 heterocycles. The van der Waals surface area contributed by atoms with Crippen molar-refractivity contribution >= 4 is 8.25 Å². The highest BCUT2D eigenvalue weighted by Crippen LogP contribution is 1.89. The van der Waals surface area contributed by atoms with Gasteiger partial charge in [-0.25, -0.2) is 0 Å². The van der Waals surface area contributed by atoms with Crippen molar-refractivity contribution in [1.82, 2.24) is 6.15 Å². The second-order valence-electron chi connectivity index (χ2n) is 0.266. The topological polar surface area (TPSA) is 95.4 Å². The molecule has 0 amide bonds. The van der Waals surface area contributed by atoms with Gasteiger partial charge in [-0.15, -0.1) is 0 Å². The molecule has 0 fully saturated rings. The van der Waals surface area contributed by atoms with Gasteiger partial charge in [0.05, 0.1) is 0 Å². The second-order valence-corrected chi connectivity index (χ2v) is 0.798. The van der Waals surface area contributed by atoms with Crippen LogP contribution in [0.4, 0.5) is 0 Å². The van der Waals surface area contributed by atoms with E-state index in [1.54, 1.807) is 0 Å². The van der Waals surface area contributed by atoms with Crippen LogP contribution in [0, 0.1) is 0 Å². The maximum atomic E-state index is 8.63. The van der Waals surface area contributed by atoms with Gasteiger partial charge >= 0.3 is 1.43 Å².